The van der Waals surface area contributed by atoms with Crippen LogP contribution in [0, 0.1) is 6.92 Å². The maximum atomic E-state index is 13.0. The normalized spacial score (nSPS) is 10.9. The van der Waals surface area contributed by atoms with Gasteiger partial charge in [0.05, 0.1) is 19.8 Å². The lowest BCUT2D eigenvalue weighted by Crippen LogP contribution is -2.35. The average Bonchev–Trinajstić information content (AvgIpc) is 2.72. The van der Waals surface area contributed by atoms with E-state index >= 15 is 0 Å². The van der Waals surface area contributed by atoms with Crippen LogP contribution in [0.4, 0.5) is 0 Å². The van der Waals surface area contributed by atoms with Crippen molar-refractivity contribution in [1.29, 1.82) is 0 Å². The number of nitrogens with one attached hydrogen (secondary N) is 1. The number of hydrogen-bond acceptors (Lipinski definition) is 4. The number of methoxy groups -OCH3 is 1. The first-order valence-electron chi connectivity index (χ1n) is 9.65. The van der Waals surface area contributed by atoms with E-state index in [9.17, 15) is 9.59 Å². The van der Waals surface area contributed by atoms with Crippen molar-refractivity contribution >= 4 is 16.8 Å². The minimum absolute atomic E-state index is 0.135. The van der Waals surface area contributed by atoms with E-state index < -0.39 is 0 Å². The maximum absolute atomic E-state index is 13.0. The molecule has 2 aromatic carbocycles. The Morgan fingerprint density at radius 1 is 1.10 bits per heavy atom. The molecular formula is C23H26N2O4. The Morgan fingerprint density at radius 3 is 2.55 bits per heavy atom. The highest BCUT2D eigenvalue weighted by Crippen LogP contribution is 2.20. The predicted molar refractivity (Wildman–Crippen MR) is 114 cm³/mol. The summed E-state index contributed by atoms with van der Waals surface area (Å²) in [5, 5.41) is 0.861. The average molecular weight is 394 g/mol. The van der Waals surface area contributed by atoms with Crippen molar-refractivity contribution in [3.05, 3.63) is 75.6 Å². The van der Waals surface area contributed by atoms with Crippen LogP contribution in [0.5, 0.6) is 5.75 Å². The van der Waals surface area contributed by atoms with Crippen molar-refractivity contribution in [2.45, 2.75) is 20.4 Å². The summed E-state index contributed by atoms with van der Waals surface area (Å²) < 4.78 is 10.7. The molecule has 0 saturated carbocycles. The first-order valence-corrected chi connectivity index (χ1v) is 9.65. The highest BCUT2D eigenvalue weighted by Gasteiger charge is 2.18. The Hall–Kier alpha value is -3.12. The molecule has 0 aliphatic carbocycles. The third kappa shape index (κ3) is 5.03. The molecule has 0 atom stereocenters. The SMILES string of the molecule is CCOc1ccc2[nH]c(=O)c(CN(CCOC)C(=O)c3ccc(C)cc3)cc2c1. The van der Waals surface area contributed by atoms with E-state index in [0.717, 1.165) is 22.2 Å². The van der Waals surface area contributed by atoms with Gasteiger partial charge in [-0.3, -0.25) is 9.59 Å². The van der Waals surface area contributed by atoms with E-state index in [1.165, 1.54) is 0 Å². The molecule has 6 heteroatoms. The number of H-pyrrole nitrogens is 1. The van der Waals surface area contributed by atoms with E-state index in [1.54, 1.807) is 24.1 Å². The molecule has 0 radical (unpaired) electrons. The van der Waals surface area contributed by atoms with Crippen LogP contribution in [-0.4, -0.2) is 42.7 Å². The Bertz CT molecular complexity index is 1040. The van der Waals surface area contributed by atoms with Crippen LogP contribution < -0.4 is 10.3 Å². The zero-order valence-electron chi connectivity index (χ0n) is 17.0. The van der Waals surface area contributed by atoms with Gasteiger partial charge in [0.2, 0.25) is 0 Å². The van der Waals surface area contributed by atoms with Crippen LogP contribution in [-0.2, 0) is 11.3 Å². The number of pyridine rings is 1. The zero-order chi connectivity index (χ0) is 20.8. The number of ether oxygens (including phenoxy) is 2. The molecule has 1 amide bonds. The van der Waals surface area contributed by atoms with E-state index in [4.69, 9.17) is 9.47 Å². The van der Waals surface area contributed by atoms with Gasteiger partial charge in [-0.05, 0) is 50.2 Å². The fourth-order valence-electron chi connectivity index (χ4n) is 3.14. The molecule has 6 nitrogen and oxygen atoms in total. The van der Waals surface area contributed by atoms with Gasteiger partial charge in [-0.1, -0.05) is 17.7 Å². The Labute approximate surface area is 170 Å². The van der Waals surface area contributed by atoms with Crippen molar-refractivity contribution in [1.82, 2.24) is 9.88 Å². The Kier molecular flexibility index (Phi) is 6.67. The molecule has 0 aliphatic rings. The Balaban J connectivity index is 1.92. The topological polar surface area (TPSA) is 71.6 Å². The number of carbonyl (C=O) groups excluding carboxylic acids is 1. The van der Waals surface area contributed by atoms with Crippen LogP contribution in [0.3, 0.4) is 0 Å². The lowest BCUT2D eigenvalue weighted by atomic mass is 10.1. The van der Waals surface area contributed by atoms with Crippen molar-refractivity contribution in [3.63, 3.8) is 0 Å². The van der Waals surface area contributed by atoms with Crippen LogP contribution in [0.1, 0.15) is 28.4 Å². The smallest absolute Gasteiger partial charge is 0.254 e. The lowest BCUT2D eigenvalue weighted by molar-refractivity contribution is 0.0680. The summed E-state index contributed by atoms with van der Waals surface area (Å²) in [6.45, 7) is 5.43. The standard InChI is InChI=1S/C23H26N2O4/c1-4-29-20-9-10-21-18(14-20)13-19(22(26)24-21)15-25(11-12-28-3)23(27)17-7-5-16(2)6-8-17/h5-10,13-14H,4,11-12,15H2,1-3H3,(H,24,26). The minimum Gasteiger partial charge on any atom is -0.494 e. The first-order chi connectivity index (χ1) is 14.0. The second-order valence-corrected chi connectivity index (χ2v) is 6.89. The molecule has 3 aromatic rings. The third-order valence-electron chi connectivity index (χ3n) is 4.72. The largest absolute Gasteiger partial charge is 0.494 e. The van der Waals surface area contributed by atoms with Crippen LogP contribution in [0.15, 0.2) is 53.3 Å². The summed E-state index contributed by atoms with van der Waals surface area (Å²) in [6.07, 6.45) is 0. The van der Waals surface area contributed by atoms with E-state index in [0.29, 0.717) is 30.9 Å². The second kappa shape index (κ2) is 9.39. The highest BCUT2D eigenvalue weighted by atomic mass is 16.5. The number of carbonyl (C=O) groups is 1. The molecule has 1 aromatic heterocycles. The number of amides is 1. The van der Waals surface area contributed by atoms with Gasteiger partial charge >= 0.3 is 0 Å². The highest BCUT2D eigenvalue weighted by molar-refractivity contribution is 5.94. The summed E-state index contributed by atoms with van der Waals surface area (Å²) in [5.74, 6) is 0.606. The lowest BCUT2D eigenvalue weighted by Gasteiger charge is -2.22. The molecule has 152 valence electrons. The molecule has 29 heavy (non-hydrogen) atoms. The van der Waals surface area contributed by atoms with Crippen molar-refractivity contribution in [2.75, 3.05) is 26.9 Å². The summed E-state index contributed by atoms with van der Waals surface area (Å²) in [5.41, 5.74) is 2.71. The van der Waals surface area contributed by atoms with Gasteiger partial charge in [-0.25, -0.2) is 0 Å². The van der Waals surface area contributed by atoms with Crippen LogP contribution in [0.2, 0.25) is 0 Å². The van der Waals surface area contributed by atoms with Crippen molar-refractivity contribution in [3.8, 4) is 5.75 Å². The number of hydrogen-bond donors (Lipinski definition) is 1. The number of rotatable bonds is 8. The molecule has 1 N–H and O–H groups in total. The summed E-state index contributed by atoms with van der Waals surface area (Å²) in [7, 11) is 1.59. The summed E-state index contributed by atoms with van der Waals surface area (Å²) in [6, 6.07) is 14.8. The van der Waals surface area contributed by atoms with Gasteiger partial charge in [0, 0.05) is 35.7 Å². The van der Waals surface area contributed by atoms with Gasteiger partial charge in [0.15, 0.2) is 0 Å². The number of fused-ring (bicyclic) bond motifs is 1. The van der Waals surface area contributed by atoms with Crippen molar-refractivity contribution < 1.29 is 14.3 Å². The van der Waals surface area contributed by atoms with E-state index in [-0.39, 0.29) is 18.0 Å². The maximum Gasteiger partial charge on any atom is 0.254 e. The summed E-state index contributed by atoms with van der Waals surface area (Å²) in [4.78, 5) is 30.2. The molecule has 0 unspecified atom stereocenters. The molecule has 0 fully saturated rings. The minimum atomic E-state index is -0.208. The van der Waals surface area contributed by atoms with Gasteiger partial charge in [0.25, 0.3) is 11.5 Å². The monoisotopic (exact) mass is 394 g/mol. The number of aromatic amines is 1. The fraction of sp³-hybridized carbons (Fsp3) is 0.304. The number of aryl methyl sites for hydroxylation is 1. The molecule has 0 bridgehead atoms. The third-order valence-corrected chi connectivity index (χ3v) is 4.72. The quantitative estimate of drug-likeness (QED) is 0.635. The molecular weight excluding hydrogens is 368 g/mol. The van der Waals surface area contributed by atoms with Gasteiger partial charge in [-0.2, -0.15) is 0 Å². The van der Waals surface area contributed by atoms with Gasteiger partial charge < -0.3 is 19.4 Å². The molecule has 0 saturated heterocycles. The zero-order valence-corrected chi connectivity index (χ0v) is 17.0. The molecule has 0 spiro atoms. The number of nitrogens with zero attached hydrogens (tertiary/aromatic N) is 1. The summed E-state index contributed by atoms with van der Waals surface area (Å²) >= 11 is 0. The van der Waals surface area contributed by atoms with Crippen LogP contribution >= 0.6 is 0 Å². The predicted octanol–water partition coefficient (Wildman–Crippen LogP) is 3.52. The van der Waals surface area contributed by atoms with E-state index in [1.807, 2.05) is 50.2 Å². The number of aromatic nitrogens is 1. The van der Waals surface area contributed by atoms with Crippen molar-refractivity contribution in [2.24, 2.45) is 0 Å². The van der Waals surface area contributed by atoms with Gasteiger partial charge in [-0.15, -0.1) is 0 Å². The first kappa shape index (κ1) is 20.6. The van der Waals surface area contributed by atoms with E-state index in [2.05, 4.69) is 4.98 Å². The van der Waals surface area contributed by atoms with Crippen LogP contribution in [0.25, 0.3) is 10.9 Å². The molecule has 1 heterocycles. The molecule has 0 aliphatic heterocycles. The number of benzene rings is 2. The fourth-order valence-corrected chi connectivity index (χ4v) is 3.14. The second-order valence-electron chi connectivity index (χ2n) is 6.89. The Morgan fingerprint density at radius 2 is 1.86 bits per heavy atom. The molecule has 3 rings (SSSR count). The van der Waals surface area contributed by atoms with Gasteiger partial charge in [0.1, 0.15) is 5.75 Å².